The molecular weight excluding hydrogens is 1880 g/mol. The van der Waals surface area contributed by atoms with Crippen molar-refractivity contribution in [3.63, 3.8) is 0 Å². The Hall–Kier alpha value is -16.0. The number of nitrogens with one attached hydrogen (secondary N) is 16. The minimum Gasteiger partial charge on any atom is -0.481 e. The van der Waals surface area contributed by atoms with E-state index in [2.05, 4.69) is 74.1 Å². The maximum atomic E-state index is 14.9. The Labute approximate surface area is 808 Å². The van der Waals surface area contributed by atoms with E-state index < -0.39 is 352 Å². The largest absolute Gasteiger partial charge is 0.481 e. The van der Waals surface area contributed by atoms with Crippen molar-refractivity contribution in [1.82, 2.24) is 94.5 Å². The monoisotopic (exact) mass is 2000 g/mol. The summed E-state index contributed by atoms with van der Waals surface area (Å²) >= 11 is 0. The number of amides is 24. The number of aliphatic carboxylic acids is 2. The minimum atomic E-state index is -2.29. The molecule has 778 valence electrons. The fourth-order valence-electron chi connectivity index (χ4n) is 14.9. The smallest absolute Gasteiger partial charge is 0.326 e. The number of fused-ring (bicyclic) bond motifs is 1. The number of carbonyl (C=O) groups is 26. The van der Waals surface area contributed by atoms with Crippen LogP contribution in [-0.2, 0) is 137 Å². The third-order valence-electron chi connectivity index (χ3n) is 22.0. The molecule has 2 fully saturated rings. The summed E-state index contributed by atoms with van der Waals surface area (Å²) in [6.45, 7) is 3.77. The van der Waals surface area contributed by atoms with E-state index in [0.717, 1.165) is 30.6 Å². The van der Waals surface area contributed by atoms with Crippen LogP contribution in [0.3, 0.4) is 0 Å². The normalized spacial score (nSPS) is 16.8. The van der Waals surface area contributed by atoms with Crippen LogP contribution in [-0.4, -0.2) is 335 Å². The van der Waals surface area contributed by atoms with Crippen LogP contribution in [0.15, 0.2) is 60.8 Å². The van der Waals surface area contributed by atoms with Crippen molar-refractivity contribution in [3.05, 3.63) is 71.9 Å². The molecule has 19 atom stereocenters. The standard InChI is InChI=1S/C85H122N26O31/c1-36(2)23-46(98-74(130)48(25-41-33-94-44-16-10-9-15-42(41)44)99-77(133)52(32-66(123)124)104-81(137)67(38(4)113)108-65(122)34-95-70(126)55(35-112)107-80(136)56-17-11-21-110(56)83(139)43(86)26-59(88)116)72(128)101-51(29-62(91)119)78(134)109-68(39(5)114)82(138)103-50(28-61(90)118)76(132)100-49(27-60(89)117)75(131)97-45(19-20-58(87)115)71(127)96-37(3)69(125)105-53(30-63(92)120)84(140)111-22-12-18-57(111)79(135)102-47(24-40-13-7-6-8-14-40)73(129)106-54(85(141)142)31-64(93)121/h6-10,13-16,33,36-39,43,45-57,67-68,94,112-114H,11-12,17-32,34-35,86H2,1-5H3,(H2,87,115)(H2,88,116)(H2,89,117)(H2,90,118)(H2,91,119)(H2,92,120)(H2,93,121)(H,95,126)(H,96,127)(H,97,131)(H,98,130)(H,99,133)(H,100,132)(H,101,128)(H,102,135)(H,103,138)(H,104,137)(H,105,125)(H,106,129)(H,107,136)(H,108,122)(H,109,134)(H,123,124)(H,141,142)/t37-,38+,39+,43-,45-,46-,47-,48-,49-,50-,51-,52-,53-,54-,55-,56-,57-,67-,68-/m0/s1. The molecule has 2 aromatic carbocycles. The number of likely N-dealkylation sites (tertiary alicyclic amines) is 2. The minimum absolute atomic E-state index is 0.0344. The van der Waals surface area contributed by atoms with E-state index in [1.807, 2.05) is 10.6 Å². The van der Waals surface area contributed by atoms with Crippen LogP contribution in [0.4, 0.5) is 0 Å². The number of carboxylic acids is 2. The second-order valence-electron chi connectivity index (χ2n) is 34.1. The van der Waals surface area contributed by atoms with E-state index >= 15 is 0 Å². The Morgan fingerprint density at radius 1 is 0.394 bits per heavy atom. The van der Waals surface area contributed by atoms with Gasteiger partial charge in [0.25, 0.3) is 0 Å². The van der Waals surface area contributed by atoms with Crippen LogP contribution in [0.1, 0.15) is 136 Å². The molecule has 3 aromatic rings. The molecule has 0 radical (unpaired) electrons. The molecule has 3 heterocycles. The van der Waals surface area contributed by atoms with Gasteiger partial charge in [-0.3, -0.25) is 120 Å². The molecule has 37 N–H and O–H groups in total. The first-order chi connectivity index (χ1) is 66.6. The molecule has 5 rings (SSSR count). The molecular formula is C85H122N26O31. The molecule has 24 amide bonds. The van der Waals surface area contributed by atoms with Gasteiger partial charge in [0, 0.05) is 49.5 Å². The number of H-pyrrole nitrogens is 1. The lowest BCUT2D eigenvalue weighted by Crippen LogP contribution is -2.63. The quantitative estimate of drug-likeness (QED) is 0.0249. The second-order valence-corrected chi connectivity index (χ2v) is 34.1. The number of primary amides is 7. The average molecular weight is 2000 g/mol. The lowest BCUT2D eigenvalue weighted by molar-refractivity contribution is -0.144. The Balaban J connectivity index is 1.31. The Bertz CT molecular complexity index is 5190. The molecule has 57 nitrogen and oxygen atoms in total. The SMILES string of the molecule is CC(C)C[C@H](NC(=O)[C@H](Cc1c[nH]c2ccccc12)NC(=O)[C@H](CC(=O)O)NC(=O)[C@@H](NC(=O)CNC(=O)[C@H](CO)NC(=O)[C@@H]1CCCN1C(=O)[C@@H](N)CC(N)=O)[C@@H](C)O)C(=O)N[C@@H](CC(N)=O)C(=O)N[C@H](C(=O)N[C@@H](CC(N)=O)C(=O)N[C@@H](CC(N)=O)C(=O)N[C@@H](CCC(N)=O)C(=O)N[C@@H](C)C(=O)N[C@@H](CC(N)=O)C(=O)N1CCC[C@H]1C(=O)N[C@@H](Cc1ccccc1)C(=O)N[C@@H](CC(N)=O)C(=O)O)[C@@H](C)O. The number of aliphatic hydroxyl groups is 3. The highest BCUT2D eigenvalue weighted by Crippen LogP contribution is 2.24. The molecule has 2 saturated heterocycles. The number of nitrogens with two attached hydrogens (primary N) is 8. The number of benzene rings is 2. The molecule has 0 bridgehead atoms. The molecule has 0 aliphatic carbocycles. The number of hydrogen-bond donors (Lipinski definition) is 29. The van der Waals surface area contributed by atoms with Gasteiger partial charge in [-0.15, -0.1) is 0 Å². The van der Waals surface area contributed by atoms with Crippen LogP contribution < -0.4 is 126 Å². The van der Waals surface area contributed by atoms with E-state index in [1.165, 1.54) is 6.20 Å². The summed E-state index contributed by atoms with van der Waals surface area (Å²) in [5.74, 6) is -33.6. The topological polar surface area (TPSA) is 956 Å². The maximum absolute atomic E-state index is 14.9. The van der Waals surface area contributed by atoms with Gasteiger partial charge in [-0.25, -0.2) is 4.79 Å². The Morgan fingerprint density at radius 3 is 1.27 bits per heavy atom. The highest BCUT2D eigenvalue weighted by atomic mass is 16.4. The van der Waals surface area contributed by atoms with Crippen molar-refractivity contribution in [2.24, 2.45) is 51.8 Å². The number of rotatable bonds is 59. The van der Waals surface area contributed by atoms with Crippen LogP contribution in [0.2, 0.25) is 0 Å². The summed E-state index contributed by atoms with van der Waals surface area (Å²) in [4.78, 5) is 353. The van der Waals surface area contributed by atoms with Crippen LogP contribution in [0.5, 0.6) is 0 Å². The lowest BCUT2D eigenvalue weighted by Gasteiger charge is -2.30. The molecule has 57 heteroatoms. The van der Waals surface area contributed by atoms with E-state index in [1.54, 1.807) is 68.4 Å². The third kappa shape index (κ3) is 37.4. The van der Waals surface area contributed by atoms with Gasteiger partial charge in [0.15, 0.2) is 0 Å². The Morgan fingerprint density at radius 2 is 0.789 bits per heavy atom. The summed E-state index contributed by atoms with van der Waals surface area (Å²) in [7, 11) is 0. The summed E-state index contributed by atoms with van der Waals surface area (Å²) in [6, 6.07) is -17.1. The highest BCUT2D eigenvalue weighted by molar-refractivity contribution is 6.05. The van der Waals surface area contributed by atoms with Crippen LogP contribution in [0, 0.1) is 5.92 Å². The lowest BCUT2D eigenvalue weighted by atomic mass is 9.99. The second kappa shape index (κ2) is 55.6. The van der Waals surface area contributed by atoms with Gasteiger partial charge < -0.3 is 166 Å². The number of aromatic amines is 1. The van der Waals surface area contributed by atoms with Gasteiger partial charge in [-0.2, -0.15) is 0 Å². The highest BCUT2D eigenvalue weighted by Gasteiger charge is 2.45. The van der Waals surface area contributed by atoms with E-state index in [4.69, 9.17) is 45.9 Å². The molecule has 1 aromatic heterocycles. The first-order valence-corrected chi connectivity index (χ1v) is 44.5. The summed E-state index contributed by atoms with van der Waals surface area (Å²) in [5.41, 5.74) is 44.8. The molecule has 2 aliphatic heterocycles. The number of nitrogens with zero attached hydrogens (tertiary/aromatic N) is 2. The number of aromatic nitrogens is 1. The fraction of sp³-hybridized carbons (Fsp3) is 0.529. The first kappa shape index (κ1) is 117. The predicted molar refractivity (Wildman–Crippen MR) is 486 cm³/mol. The zero-order valence-electron chi connectivity index (χ0n) is 77.8. The molecule has 2 aliphatic rings. The predicted octanol–water partition coefficient (Wildman–Crippen LogP) is -14.9. The number of hydrogen-bond acceptors (Lipinski definition) is 30. The molecule has 0 unspecified atom stereocenters. The van der Waals surface area contributed by atoms with E-state index in [9.17, 15) is 150 Å². The van der Waals surface area contributed by atoms with E-state index in [0.29, 0.717) is 28.5 Å². The van der Waals surface area contributed by atoms with Crippen molar-refractivity contribution >= 4 is 165 Å². The van der Waals surface area contributed by atoms with Gasteiger partial charge in [0.2, 0.25) is 142 Å². The zero-order valence-corrected chi connectivity index (χ0v) is 77.8. The van der Waals surface area contributed by atoms with Crippen LogP contribution in [0.25, 0.3) is 10.9 Å². The van der Waals surface area contributed by atoms with Gasteiger partial charge >= 0.3 is 11.9 Å². The number of aliphatic hydroxyl groups excluding tert-OH is 3. The zero-order chi connectivity index (χ0) is 107. The summed E-state index contributed by atoms with van der Waals surface area (Å²) in [5, 5.41) is 85.2. The Kier molecular flexibility index (Phi) is 45.6. The third-order valence-corrected chi connectivity index (χ3v) is 22.0. The van der Waals surface area contributed by atoms with Crippen molar-refractivity contribution in [1.29, 1.82) is 0 Å². The number of para-hydroxylation sites is 1. The van der Waals surface area contributed by atoms with Gasteiger partial charge in [0.1, 0.15) is 96.7 Å². The van der Waals surface area contributed by atoms with Crippen molar-refractivity contribution in [2.45, 2.75) is 252 Å². The van der Waals surface area contributed by atoms with Gasteiger partial charge in [0.05, 0.1) is 76.3 Å². The summed E-state index contributed by atoms with van der Waals surface area (Å²) in [6.07, 6.45) is -11.7. The molecule has 0 spiro atoms. The maximum Gasteiger partial charge on any atom is 0.326 e. The first-order valence-electron chi connectivity index (χ1n) is 44.5. The molecule has 142 heavy (non-hydrogen) atoms. The van der Waals surface area contributed by atoms with Crippen molar-refractivity contribution < 1.29 is 150 Å². The average Bonchev–Trinajstić information content (AvgIpc) is 1.66. The number of carboxylic acid groups (broad SMARTS) is 2. The van der Waals surface area contributed by atoms with Crippen molar-refractivity contribution in [2.75, 3.05) is 26.2 Å². The van der Waals surface area contributed by atoms with E-state index in [-0.39, 0.29) is 45.2 Å². The van der Waals surface area contributed by atoms with Crippen molar-refractivity contribution in [3.8, 4) is 0 Å². The molecule has 0 saturated carbocycles. The van der Waals surface area contributed by atoms with Gasteiger partial charge in [-0.1, -0.05) is 62.4 Å². The fourth-order valence-corrected chi connectivity index (χ4v) is 14.9. The number of carbonyl (C=O) groups excluding carboxylic acids is 24. The van der Waals surface area contributed by atoms with Gasteiger partial charge in [-0.05, 0) is 82.4 Å². The van der Waals surface area contributed by atoms with Crippen LogP contribution >= 0.6 is 0 Å². The summed E-state index contributed by atoms with van der Waals surface area (Å²) < 4.78 is 0.